The summed E-state index contributed by atoms with van der Waals surface area (Å²) in [6.07, 6.45) is 8.37. The van der Waals surface area contributed by atoms with Gasteiger partial charge in [0, 0.05) is 97.9 Å². The second-order valence-electron chi connectivity index (χ2n) is 22.0. The lowest BCUT2D eigenvalue weighted by Gasteiger charge is -2.41. The number of benzene rings is 4. The number of nitriles is 1. The van der Waals surface area contributed by atoms with Gasteiger partial charge in [-0.1, -0.05) is 55.0 Å². The van der Waals surface area contributed by atoms with Crippen LogP contribution in [0.4, 0.5) is 5.69 Å². The molecule has 0 saturated carbocycles. The molecular formula is C63H76N8O6S. The molecule has 2 atom stereocenters. The van der Waals surface area contributed by atoms with Gasteiger partial charge in [-0.05, 0) is 155 Å². The number of hydrogen-bond acceptors (Lipinski definition) is 10. The predicted molar refractivity (Wildman–Crippen MR) is 310 cm³/mol. The quantitative estimate of drug-likeness (QED) is 0.101. The monoisotopic (exact) mass is 1070 g/mol. The van der Waals surface area contributed by atoms with Crippen LogP contribution in [0.2, 0.25) is 0 Å². The summed E-state index contributed by atoms with van der Waals surface area (Å²) in [7, 11) is 3.86. The number of hydrogen-bond donors (Lipinski definition) is 2. The molecule has 10 rings (SSSR count). The van der Waals surface area contributed by atoms with Crippen LogP contribution in [-0.4, -0.2) is 134 Å². The topological polar surface area (TPSA) is 149 Å². The van der Waals surface area contributed by atoms with Crippen LogP contribution >= 0.6 is 11.8 Å². The van der Waals surface area contributed by atoms with E-state index in [0.29, 0.717) is 62.4 Å². The van der Waals surface area contributed by atoms with E-state index in [1.807, 2.05) is 66.1 Å². The van der Waals surface area contributed by atoms with E-state index in [2.05, 4.69) is 101 Å². The zero-order valence-electron chi connectivity index (χ0n) is 46.5. The third-order valence-electron chi connectivity index (χ3n) is 16.7. The number of carbonyl (C=O) groups excluding carboxylic acids is 3. The van der Waals surface area contributed by atoms with Gasteiger partial charge in [-0.25, -0.2) is 0 Å². The van der Waals surface area contributed by atoms with Crippen molar-refractivity contribution in [1.82, 2.24) is 28.7 Å². The van der Waals surface area contributed by atoms with Crippen LogP contribution in [0.15, 0.2) is 97.1 Å². The van der Waals surface area contributed by atoms with Gasteiger partial charge in [-0.15, -0.1) is 0 Å². The van der Waals surface area contributed by atoms with Crippen molar-refractivity contribution in [2.24, 2.45) is 14.1 Å². The summed E-state index contributed by atoms with van der Waals surface area (Å²) in [5.74, 6) is 1.14. The fraction of sp³-hybridized carbons (Fsp3) is 0.429. The first kappa shape index (κ1) is 55.9. The van der Waals surface area contributed by atoms with Crippen LogP contribution in [0.5, 0.6) is 11.5 Å². The number of phenolic OH excluding ortho intramolecular Hbond substituents is 1. The number of carbonyl (C=O) groups is 3. The fourth-order valence-electron chi connectivity index (χ4n) is 11.7. The van der Waals surface area contributed by atoms with Crippen molar-refractivity contribution >= 4 is 35.7 Å². The van der Waals surface area contributed by atoms with E-state index in [-0.39, 0.29) is 34.4 Å². The van der Waals surface area contributed by atoms with Gasteiger partial charge >= 0.3 is 0 Å². The van der Waals surface area contributed by atoms with Crippen LogP contribution in [0.3, 0.4) is 0 Å². The minimum absolute atomic E-state index is 0.00652. The highest BCUT2D eigenvalue weighted by molar-refractivity contribution is 7.99. The lowest BCUT2D eigenvalue weighted by molar-refractivity contribution is -0.131. The van der Waals surface area contributed by atoms with E-state index < -0.39 is 0 Å². The van der Waals surface area contributed by atoms with E-state index in [0.717, 1.165) is 103 Å². The minimum Gasteiger partial charge on any atom is -0.508 e. The molecule has 3 amide bonds. The maximum Gasteiger partial charge on any atom is 0.255 e. The Bertz CT molecular complexity index is 3130. The first-order valence-electron chi connectivity index (χ1n) is 27.5. The Labute approximate surface area is 464 Å². The van der Waals surface area contributed by atoms with Gasteiger partial charge in [-0.3, -0.25) is 19.3 Å². The smallest absolute Gasteiger partial charge is 0.255 e. The Morgan fingerprint density at radius 2 is 1.60 bits per heavy atom. The number of aromatic hydroxyl groups is 1. The molecule has 2 N–H and O–H groups in total. The molecule has 6 heterocycles. The predicted octanol–water partition coefficient (Wildman–Crippen LogP) is 9.55. The molecule has 0 aliphatic carbocycles. The molecule has 2 unspecified atom stereocenters. The van der Waals surface area contributed by atoms with Crippen molar-refractivity contribution in [3.05, 3.63) is 148 Å². The number of phenols is 1. The summed E-state index contributed by atoms with van der Waals surface area (Å²) in [6, 6.07) is 34.2. The molecule has 14 nitrogen and oxygen atoms in total. The summed E-state index contributed by atoms with van der Waals surface area (Å²) in [6.45, 7) is 16.8. The summed E-state index contributed by atoms with van der Waals surface area (Å²) in [4.78, 5) is 49.3. The van der Waals surface area contributed by atoms with Crippen molar-refractivity contribution in [3.63, 3.8) is 0 Å². The van der Waals surface area contributed by atoms with Crippen molar-refractivity contribution < 1.29 is 29.0 Å². The molecule has 78 heavy (non-hydrogen) atoms. The van der Waals surface area contributed by atoms with Gasteiger partial charge in [0.25, 0.3) is 5.91 Å². The maximum absolute atomic E-state index is 15.9. The molecule has 2 saturated heterocycles. The molecule has 6 aromatic rings. The SMILES string of the molecule is CSC1Cc2ccccc2CN(C(=O)c2cc3c(cc2-c2cc(-c4ccc(O)cc4)c(C)n2C)CCN(C(=O)Cc2ccc(OCCN4CCOCC4(C)C)cc2)C3)C1CN1CCCCC1.Cc1c(NC=O)cc(C#N)n1C. The van der Waals surface area contributed by atoms with Crippen LogP contribution < -0.4 is 10.1 Å². The molecule has 2 aromatic heterocycles. The molecule has 4 aliphatic heterocycles. The number of nitrogens with zero attached hydrogens (tertiary/aromatic N) is 7. The molecule has 4 aliphatic rings. The Morgan fingerprint density at radius 3 is 2.29 bits per heavy atom. The van der Waals surface area contributed by atoms with E-state index in [1.54, 1.807) is 29.8 Å². The van der Waals surface area contributed by atoms with Gasteiger partial charge < -0.3 is 43.7 Å². The number of ether oxygens (including phenoxy) is 2. The average Bonchev–Trinajstić information content (AvgIpc) is 3.85. The zero-order chi connectivity index (χ0) is 55.1. The molecule has 2 fully saturated rings. The van der Waals surface area contributed by atoms with Gasteiger partial charge in [0.05, 0.1) is 31.4 Å². The first-order valence-corrected chi connectivity index (χ1v) is 28.8. The highest BCUT2D eigenvalue weighted by atomic mass is 32.2. The number of fused-ring (bicyclic) bond motifs is 2. The number of piperidine rings is 1. The normalized spacial score (nSPS) is 18.4. The van der Waals surface area contributed by atoms with Crippen molar-refractivity contribution in [3.8, 4) is 40.0 Å². The summed E-state index contributed by atoms with van der Waals surface area (Å²) in [5, 5.41) is 21.5. The molecule has 0 spiro atoms. The van der Waals surface area contributed by atoms with Crippen LogP contribution in [0.25, 0.3) is 22.4 Å². The van der Waals surface area contributed by atoms with E-state index in [1.165, 1.54) is 36.0 Å². The summed E-state index contributed by atoms with van der Waals surface area (Å²) >= 11 is 1.88. The van der Waals surface area contributed by atoms with E-state index >= 15 is 4.79 Å². The second kappa shape index (κ2) is 24.9. The van der Waals surface area contributed by atoms with E-state index in [4.69, 9.17) is 14.7 Å². The Balaban J connectivity index is 0.000000546. The van der Waals surface area contributed by atoms with Gasteiger partial charge in [0.15, 0.2) is 0 Å². The minimum atomic E-state index is -0.00652. The first-order chi connectivity index (χ1) is 37.7. The Morgan fingerprint density at radius 1 is 0.859 bits per heavy atom. The summed E-state index contributed by atoms with van der Waals surface area (Å²) in [5.41, 5.74) is 13.5. The number of nitrogens with one attached hydrogen (secondary N) is 1. The molecule has 410 valence electrons. The molecular weight excluding hydrogens is 997 g/mol. The number of rotatable bonds is 14. The molecule has 4 aromatic carbocycles. The lowest BCUT2D eigenvalue weighted by atomic mass is 9.90. The maximum atomic E-state index is 15.9. The lowest BCUT2D eigenvalue weighted by Crippen LogP contribution is -2.54. The van der Waals surface area contributed by atoms with Gasteiger partial charge in [-0.2, -0.15) is 17.0 Å². The van der Waals surface area contributed by atoms with Gasteiger partial charge in [0.2, 0.25) is 12.3 Å². The molecule has 15 heteroatoms. The number of thioether (sulfide) groups is 1. The fourth-order valence-corrected chi connectivity index (χ4v) is 12.6. The summed E-state index contributed by atoms with van der Waals surface area (Å²) < 4.78 is 15.7. The van der Waals surface area contributed by atoms with E-state index in [9.17, 15) is 14.7 Å². The number of aromatic nitrogens is 2. The Kier molecular flexibility index (Phi) is 17.8. The highest BCUT2D eigenvalue weighted by Crippen LogP contribution is 2.39. The zero-order valence-corrected chi connectivity index (χ0v) is 47.3. The van der Waals surface area contributed by atoms with Gasteiger partial charge in [0.1, 0.15) is 29.9 Å². The van der Waals surface area contributed by atoms with Crippen LogP contribution in [-0.2, 0) is 60.8 Å². The third kappa shape index (κ3) is 12.5. The number of likely N-dealkylation sites (tertiary alicyclic amines) is 1. The van der Waals surface area contributed by atoms with Crippen molar-refractivity contribution in [2.75, 3.05) is 70.7 Å². The van der Waals surface area contributed by atoms with Crippen molar-refractivity contribution in [2.45, 2.75) is 96.1 Å². The highest BCUT2D eigenvalue weighted by Gasteiger charge is 2.38. The second-order valence-corrected chi connectivity index (χ2v) is 23.0. The average molecular weight is 1070 g/mol. The number of anilines is 1. The van der Waals surface area contributed by atoms with Crippen LogP contribution in [0, 0.1) is 25.2 Å². The Hall–Kier alpha value is -6.83. The van der Waals surface area contributed by atoms with Crippen LogP contribution in [0.1, 0.15) is 88.4 Å². The molecule has 0 bridgehead atoms. The number of morpholine rings is 1. The molecule has 0 radical (unpaired) electrons. The van der Waals surface area contributed by atoms with Crippen molar-refractivity contribution in [1.29, 1.82) is 5.26 Å². The largest absolute Gasteiger partial charge is 0.508 e. The third-order valence-corrected chi connectivity index (χ3v) is 17.8. The standard InChI is InChI=1S/C55H67N5O5S.C8H9N3O/c1-38-47(40-15-17-45(61)18-16-40)33-50(56(38)4)48-30-42-21-24-58(53(62)29-39-13-19-46(20-14-39)65-28-26-59-25-27-64-37-55(59,2)3)34-44(42)31-49(48)54(63)60-35-43-12-8-7-11-41(43)32-52(66-5)51(60)36-57-22-9-6-10-23-57;1-6-8(10-5-12)3-7(4-9)11(6)2/h7-8,11-20,30-31,33,51-52,61H,6,9-10,21-29,32,34-37H2,1-5H3;3,5H,1-2H3,(H,10,12). The number of amides is 3.